The lowest BCUT2D eigenvalue weighted by atomic mass is 10.0. The second-order valence-corrected chi connectivity index (χ2v) is 8.00. The number of likely N-dealkylation sites (tertiary alicyclic amines) is 1. The third kappa shape index (κ3) is 4.38. The molecule has 2 aromatic rings. The lowest BCUT2D eigenvalue weighted by Crippen LogP contribution is -2.37. The molecular formula is C25H30N2O4. The number of hydrogen-bond acceptors (Lipinski definition) is 4. The van der Waals surface area contributed by atoms with E-state index in [-0.39, 0.29) is 30.2 Å². The van der Waals surface area contributed by atoms with Crippen molar-refractivity contribution in [3.63, 3.8) is 0 Å². The summed E-state index contributed by atoms with van der Waals surface area (Å²) in [6.45, 7) is 6.17. The highest BCUT2D eigenvalue weighted by Crippen LogP contribution is 2.37. The van der Waals surface area contributed by atoms with Crippen LogP contribution < -0.4 is 14.4 Å². The molecule has 6 heteroatoms. The monoisotopic (exact) mass is 422 g/mol. The van der Waals surface area contributed by atoms with Crippen LogP contribution >= 0.6 is 0 Å². The van der Waals surface area contributed by atoms with Crippen LogP contribution in [-0.4, -0.2) is 43.0 Å². The highest BCUT2D eigenvalue weighted by Gasteiger charge is 2.41. The van der Waals surface area contributed by atoms with Crippen molar-refractivity contribution in [1.29, 1.82) is 0 Å². The lowest BCUT2D eigenvalue weighted by molar-refractivity contribution is -0.136. The Morgan fingerprint density at radius 3 is 2.52 bits per heavy atom. The molecule has 2 amide bonds. The standard InChI is InChI=1S/C25H30N2O4/c1-3-30-20-13-11-18(12-14-20)21-9-7-15-26(21)25(29)19-16-24(28)27(17-19)22-8-5-6-10-23(22)31-4-2/h5-6,8,10-14,19,21H,3-4,7,9,15-17H2,1-2H3. The molecule has 2 aliphatic heterocycles. The van der Waals surface area contributed by atoms with Gasteiger partial charge in [-0.1, -0.05) is 24.3 Å². The van der Waals surface area contributed by atoms with Crippen LogP contribution in [0.1, 0.15) is 44.7 Å². The summed E-state index contributed by atoms with van der Waals surface area (Å²) in [5.41, 5.74) is 1.87. The number of ether oxygens (including phenoxy) is 2. The first-order valence-electron chi connectivity index (χ1n) is 11.2. The van der Waals surface area contributed by atoms with Crippen LogP contribution in [0, 0.1) is 5.92 Å². The Morgan fingerprint density at radius 2 is 1.77 bits per heavy atom. The Kier molecular flexibility index (Phi) is 6.44. The summed E-state index contributed by atoms with van der Waals surface area (Å²) >= 11 is 0. The van der Waals surface area contributed by atoms with Gasteiger partial charge in [0.15, 0.2) is 0 Å². The van der Waals surface area contributed by atoms with Gasteiger partial charge in [0, 0.05) is 19.5 Å². The molecular weight excluding hydrogens is 392 g/mol. The average Bonchev–Trinajstić information content (AvgIpc) is 3.42. The third-order valence-corrected chi connectivity index (χ3v) is 6.04. The number of rotatable bonds is 7. The van der Waals surface area contributed by atoms with E-state index in [1.165, 1.54) is 0 Å². The van der Waals surface area contributed by atoms with Crippen LogP contribution in [0.5, 0.6) is 11.5 Å². The van der Waals surface area contributed by atoms with Crippen molar-refractivity contribution < 1.29 is 19.1 Å². The van der Waals surface area contributed by atoms with E-state index in [4.69, 9.17) is 9.47 Å². The molecule has 0 aliphatic carbocycles. The highest BCUT2D eigenvalue weighted by molar-refractivity contribution is 6.01. The van der Waals surface area contributed by atoms with Crippen LogP contribution in [0.15, 0.2) is 48.5 Å². The summed E-state index contributed by atoms with van der Waals surface area (Å²) in [5.74, 6) is 1.24. The van der Waals surface area contributed by atoms with E-state index in [0.29, 0.717) is 25.5 Å². The fourth-order valence-electron chi connectivity index (χ4n) is 4.63. The zero-order valence-corrected chi connectivity index (χ0v) is 18.3. The van der Waals surface area contributed by atoms with E-state index in [0.717, 1.165) is 36.4 Å². The molecule has 2 atom stereocenters. The molecule has 6 nitrogen and oxygen atoms in total. The minimum absolute atomic E-state index is 0.0256. The maximum Gasteiger partial charge on any atom is 0.228 e. The van der Waals surface area contributed by atoms with Gasteiger partial charge >= 0.3 is 0 Å². The van der Waals surface area contributed by atoms with Crippen molar-refractivity contribution in [1.82, 2.24) is 4.90 Å². The second kappa shape index (κ2) is 9.41. The number of carbonyl (C=O) groups is 2. The Balaban J connectivity index is 1.48. The molecule has 2 aliphatic rings. The van der Waals surface area contributed by atoms with Crippen LogP contribution in [0.25, 0.3) is 0 Å². The number of hydrogen-bond donors (Lipinski definition) is 0. The van der Waals surface area contributed by atoms with E-state index in [1.54, 1.807) is 4.90 Å². The van der Waals surface area contributed by atoms with Crippen molar-refractivity contribution in [3.8, 4) is 11.5 Å². The summed E-state index contributed by atoms with van der Waals surface area (Å²) < 4.78 is 11.2. The molecule has 164 valence electrons. The Labute approximate surface area is 183 Å². The highest BCUT2D eigenvalue weighted by atomic mass is 16.5. The molecule has 2 fully saturated rings. The zero-order valence-electron chi connectivity index (χ0n) is 18.3. The molecule has 2 aromatic carbocycles. The molecule has 4 rings (SSSR count). The van der Waals surface area contributed by atoms with Crippen molar-refractivity contribution in [2.75, 3.05) is 31.2 Å². The number of anilines is 1. The van der Waals surface area contributed by atoms with Crippen LogP contribution in [-0.2, 0) is 9.59 Å². The maximum absolute atomic E-state index is 13.4. The van der Waals surface area contributed by atoms with Gasteiger partial charge in [-0.25, -0.2) is 0 Å². The van der Waals surface area contributed by atoms with Gasteiger partial charge in [0.25, 0.3) is 0 Å². The molecule has 0 bridgehead atoms. The Hall–Kier alpha value is -3.02. The first kappa shape index (κ1) is 21.2. The quantitative estimate of drug-likeness (QED) is 0.671. The fourth-order valence-corrected chi connectivity index (χ4v) is 4.63. The Morgan fingerprint density at radius 1 is 1.03 bits per heavy atom. The van der Waals surface area contributed by atoms with Gasteiger partial charge in [-0.3, -0.25) is 9.59 Å². The van der Waals surface area contributed by atoms with Gasteiger partial charge in [0.2, 0.25) is 11.8 Å². The van der Waals surface area contributed by atoms with Gasteiger partial charge < -0.3 is 19.3 Å². The normalized spacial score (nSPS) is 20.9. The third-order valence-electron chi connectivity index (χ3n) is 6.04. The SMILES string of the molecule is CCOc1ccc(C2CCCN2C(=O)C2CC(=O)N(c3ccccc3OCC)C2)cc1. The van der Waals surface area contributed by atoms with Gasteiger partial charge in [-0.15, -0.1) is 0 Å². The van der Waals surface area contributed by atoms with E-state index < -0.39 is 0 Å². The van der Waals surface area contributed by atoms with E-state index in [1.807, 2.05) is 67.3 Å². The van der Waals surface area contributed by atoms with Crippen LogP contribution in [0.4, 0.5) is 5.69 Å². The van der Waals surface area contributed by atoms with Crippen molar-refractivity contribution in [2.45, 2.75) is 39.2 Å². The van der Waals surface area contributed by atoms with Gasteiger partial charge in [0.05, 0.1) is 30.9 Å². The predicted molar refractivity (Wildman–Crippen MR) is 119 cm³/mol. The van der Waals surface area contributed by atoms with Crippen molar-refractivity contribution in [2.24, 2.45) is 5.92 Å². The second-order valence-electron chi connectivity index (χ2n) is 8.00. The summed E-state index contributed by atoms with van der Waals surface area (Å²) in [4.78, 5) is 29.9. The lowest BCUT2D eigenvalue weighted by Gasteiger charge is -2.28. The van der Waals surface area contributed by atoms with E-state index >= 15 is 0 Å². The molecule has 0 N–H and O–H groups in total. The number of carbonyl (C=O) groups excluding carboxylic acids is 2. The fraction of sp³-hybridized carbons (Fsp3) is 0.440. The van der Waals surface area contributed by atoms with Crippen molar-refractivity contribution in [3.05, 3.63) is 54.1 Å². The summed E-state index contributed by atoms with van der Waals surface area (Å²) in [6.07, 6.45) is 2.16. The average molecular weight is 423 g/mol. The zero-order chi connectivity index (χ0) is 21.8. The number of para-hydroxylation sites is 2. The minimum atomic E-state index is -0.328. The minimum Gasteiger partial charge on any atom is -0.494 e. The topological polar surface area (TPSA) is 59.1 Å². The number of benzene rings is 2. The first-order chi connectivity index (χ1) is 15.1. The van der Waals surface area contributed by atoms with Gasteiger partial charge in [0.1, 0.15) is 11.5 Å². The first-order valence-corrected chi connectivity index (χ1v) is 11.2. The maximum atomic E-state index is 13.4. The number of nitrogens with zero attached hydrogens (tertiary/aromatic N) is 2. The summed E-state index contributed by atoms with van der Waals surface area (Å²) in [6, 6.07) is 15.6. The van der Waals surface area contributed by atoms with Crippen LogP contribution in [0.2, 0.25) is 0 Å². The molecule has 2 saturated heterocycles. The predicted octanol–water partition coefficient (Wildman–Crippen LogP) is 4.20. The molecule has 0 saturated carbocycles. The molecule has 0 aromatic heterocycles. The van der Waals surface area contributed by atoms with Crippen molar-refractivity contribution >= 4 is 17.5 Å². The molecule has 0 spiro atoms. The van der Waals surface area contributed by atoms with Gasteiger partial charge in [-0.05, 0) is 56.5 Å². The summed E-state index contributed by atoms with van der Waals surface area (Å²) in [5, 5.41) is 0. The smallest absolute Gasteiger partial charge is 0.228 e. The van der Waals surface area contributed by atoms with Crippen LogP contribution in [0.3, 0.4) is 0 Å². The molecule has 31 heavy (non-hydrogen) atoms. The largest absolute Gasteiger partial charge is 0.494 e. The Bertz CT molecular complexity index is 927. The molecule has 2 unspecified atom stereocenters. The molecule has 0 radical (unpaired) electrons. The molecule has 2 heterocycles. The van der Waals surface area contributed by atoms with E-state index in [9.17, 15) is 9.59 Å². The van der Waals surface area contributed by atoms with E-state index in [2.05, 4.69) is 0 Å². The summed E-state index contributed by atoms with van der Waals surface area (Å²) in [7, 11) is 0. The van der Waals surface area contributed by atoms with Gasteiger partial charge in [-0.2, -0.15) is 0 Å². The number of amides is 2.